The summed E-state index contributed by atoms with van der Waals surface area (Å²) >= 11 is 3.84. The Morgan fingerprint density at radius 3 is 2.86 bits per heavy atom. The largest absolute Gasteiger partial charge is 0.270 e. The summed E-state index contributed by atoms with van der Waals surface area (Å²) in [6.07, 6.45) is 1.72. The maximum absolute atomic E-state index is 10.5. The standard InChI is InChI=1S/C9H8N2O2S/c12-11(13)7-3-1-6-2-4-9(10-14)8(6)5-7/h1,3,5,14H,2,4H2/b10-9+. The van der Waals surface area contributed by atoms with Gasteiger partial charge in [-0.15, -0.1) is 0 Å². The van der Waals surface area contributed by atoms with Gasteiger partial charge in [-0.3, -0.25) is 10.1 Å². The Bertz CT molecular complexity index is 429. The molecule has 0 aromatic heterocycles. The molecule has 0 unspecified atom stereocenters. The predicted molar refractivity (Wildman–Crippen MR) is 56.9 cm³/mol. The molecule has 0 heterocycles. The molecule has 1 aromatic carbocycles. The number of hydrogen-bond donors (Lipinski definition) is 1. The third kappa shape index (κ3) is 1.39. The van der Waals surface area contributed by atoms with Crippen molar-refractivity contribution in [3.05, 3.63) is 39.4 Å². The van der Waals surface area contributed by atoms with E-state index in [9.17, 15) is 10.1 Å². The number of nitro groups is 1. The minimum Gasteiger partial charge on any atom is -0.258 e. The molecule has 0 saturated carbocycles. The van der Waals surface area contributed by atoms with Crippen molar-refractivity contribution in [1.82, 2.24) is 0 Å². The summed E-state index contributed by atoms with van der Waals surface area (Å²) in [5, 5.41) is 10.5. The first-order valence-corrected chi connectivity index (χ1v) is 4.61. The van der Waals surface area contributed by atoms with Crippen molar-refractivity contribution in [3.8, 4) is 0 Å². The van der Waals surface area contributed by atoms with Crippen LogP contribution in [0.4, 0.5) is 5.69 Å². The van der Waals surface area contributed by atoms with Crippen LogP contribution in [0.3, 0.4) is 0 Å². The quantitative estimate of drug-likeness (QED) is 0.437. The number of thiol groups is 1. The summed E-state index contributed by atoms with van der Waals surface area (Å²) in [4.78, 5) is 10.1. The minimum atomic E-state index is -0.394. The maximum Gasteiger partial charge on any atom is 0.270 e. The minimum absolute atomic E-state index is 0.111. The molecule has 0 amide bonds. The van der Waals surface area contributed by atoms with Crippen molar-refractivity contribution in [1.29, 1.82) is 0 Å². The van der Waals surface area contributed by atoms with Crippen molar-refractivity contribution < 1.29 is 4.92 Å². The van der Waals surface area contributed by atoms with Crippen molar-refractivity contribution in [2.45, 2.75) is 12.8 Å². The topological polar surface area (TPSA) is 55.5 Å². The summed E-state index contributed by atoms with van der Waals surface area (Å²) in [6.45, 7) is 0. The second kappa shape index (κ2) is 3.42. The van der Waals surface area contributed by atoms with Crippen LogP contribution in [0.5, 0.6) is 0 Å². The van der Waals surface area contributed by atoms with Crippen LogP contribution in [-0.4, -0.2) is 10.6 Å². The molecule has 2 rings (SSSR count). The molecule has 5 heteroatoms. The summed E-state index contributed by atoms with van der Waals surface area (Å²) in [6, 6.07) is 4.89. The number of nitro benzene ring substituents is 1. The Balaban J connectivity index is 2.53. The van der Waals surface area contributed by atoms with Crippen LogP contribution in [0.25, 0.3) is 0 Å². The number of nitrogens with zero attached hydrogens (tertiary/aromatic N) is 2. The first-order valence-electron chi connectivity index (χ1n) is 4.21. The Labute approximate surface area is 86.4 Å². The van der Waals surface area contributed by atoms with E-state index in [4.69, 9.17) is 0 Å². The number of benzene rings is 1. The van der Waals surface area contributed by atoms with Gasteiger partial charge in [0.05, 0.1) is 10.6 Å². The fourth-order valence-corrected chi connectivity index (χ4v) is 1.86. The summed E-state index contributed by atoms with van der Waals surface area (Å²) in [5.41, 5.74) is 2.93. The van der Waals surface area contributed by atoms with Gasteiger partial charge in [-0.05, 0) is 31.2 Å². The highest BCUT2D eigenvalue weighted by atomic mass is 32.1. The highest BCUT2D eigenvalue weighted by Crippen LogP contribution is 2.26. The predicted octanol–water partition coefficient (Wildman–Crippen LogP) is 2.17. The number of rotatable bonds is 1. The van der Waals surface area contributed by atoms with Gasteiger partial charge in [0.2, 0.25) is 0 Å². The first-order chi connectivity index (χ1) is 6.72. The van der Waals surface area contributed by atoms with Gasteiger partial charge in [0.15, 0.2) is 0 Å². The molecule has 1 aliphatic rings. The van der Waals surface area contributed by atoms with E-state index < -0.39 is 4.92 Å². The van der Waals surface area contributed by atoms with E-state index in [1.165, 1.54) is 6.07 Å². The molecule has 0 saturated heterocycles. The molecule has 0 aliphatic heterocycles. The van der Waals surface area contributed by atoms with E-state index in [0.29, 0.717) is 0 Å². The van der Waals surface area contributed by atoms with Crippen LogP contribution >= 0.6 is 12.8 Å². The molecule has 0 radical (unpaired) electrons. The van der Waals surface area contributed by atoms with Crippen molar-refractivity contribution >= 4 is 24.2 Å². The van der Waals surface area contributed by atoms with Crippen molar-refractivity contribution in [3.63, 3.8) is 0 Å². The molecule has 0 fully saturated rings. The van der Waals surface area contributed by atoms with E-state index >= 15 is 0 Å². The monoisotopic (exact) mass is 208 g/mol. The molecule has 1 aliphatic carbocycles. The fraction of sp³-hybridized carbons (Fsp3) is 0.222. The zero-order valence-electron chi connectivity index (χ0n) is 7.30. The van der Waals surface area contributed by atoms with E-state index in [1.807, 2.05) is 0 Å². The van der Waals surface area contributed by atoms with E-state index in [-0.39, 0.29) is 5.69 Å². The fourth-order valence-electron chi connectivity index (χ4n) is 1.66. The lowest BCUT2D eigenvalue weighted by molar-refractivity contribution is -0.384. The van der Waals surface area contributed by atoms with E-state index in [1.54, 1.807) is 12.1 Å². The molecule has 14 heavy (non-hydrogen) atoms. The van der Waals surface area contributed by atoms with Gasteiger partial charge >= 0.3 is 0 Å². The van der Waals surface area contributed by atoms with Crippen LogP contribution < -0.4 is 0 Å². The van der Waals surface area contributed by atoms with Crippen LogP contribution in [0.1, 0.15) is 17.5 Å². The normalized spacial score (nSPS) is 17.1. The smallest absolute Gasteiger partial charge is 0.258 e. The second-order valence-electron chi connectivity index (χ2n) is 3.15. The maximum atomic E-state index is 10.5. The molecule has 4 nitrogen and oxygen atoms in total. The van der Waals surface area contributed by atoms with Crippen LogP contribution in [0.2, 0.25) is 0 Å². The van der Waals surface area contributed by atoms with Crippen molar-refractivity contribution in [2.75, 3.05) is 0 Å². The number of fused-ring (bicyclic) bond motifs is 1. The third-order valence-electron chi connectivity index (χ3n) is 2.37. The Morgan fingerprint density at radius 2 is 2.21 bits per heavy atom. The Hall–Kier alpha value is -1.36. The van der Waals surface area contributed by atoms with Crippen LogP contribution in [0.15, 0.2) is 22.6 Å². The molecule has 1 aromatic rings. The zero-order valence-corrected chi connectivity index (χ0v) is 8.20. The lowest BCUT2D eigenvalue weighted by Crippen LogP contribution is -1.95. The molecular weight excluding hydrogens is 200 g/mol. The molecule has 0 bridgehead atoms. The van der Waals surface area contributed by atoms with E-state index in [2.05, 4.69) is 17.2 Å². The molecule has 0 atom stereocenters. The second-order valence-corrected chi connectivity index (χ2v) is 3.35. The molecular formula is C9H8N2O2S. The molecule has 0 N–H and O–H groups in total. The number of aryl methyl sites for hydroxylation is 1. The van der Waals surface area contributed by atoms with E-state index in [0.717, 1.165) is 29.7 Å². The number of non-ortho nitro benzene ring substituents is 1. The summed E-state index contributed by atoms with van der Waals surface area (Å²) in [7, 11) is 0. The number of hydrogen-bond acceptors (Lipinski definition) is 4. The van der Waals surface area contributed by atoms with Crippen LogP contribution in [-0.2, 0) is 6.42 Å². The SMILES string of the molecule is O=[N+]([O-])c1ccc2c(c1)/C(=N/S)CC2. The lowest BCUT2D eigenvalue weighted by atomic mass is 10.1. The highest BCUT2D eigenvalue weighted by Gasteiger charge is 2.20. The van der Waals surface area contributed by atoms with Crippen LogP contribution in [0, 0.1) is 10.1 Å². The lowest BCUT2D eigenvalue weighted by Gasteiger charge is -1.98. The highest BCUT2D eigenvalue weighted by molar-refractivity contribution is 7.79. The average molecular weight is 208 g/mol. The summed E-state index contributed by atoms with van der Waals surface area (Å²) < 4.78 is 3.82. The Morgan fingerprint density at radius 1 is 1.43 bits per heavy atom. The summed E-state index contributed by atoms with van der Waals surface area (Å²) in [5.74, 6) is 0. The van der Waals surface area contributed by atoms with Gasteiger partial charge in [0.1, 0.15) is 0 Å². The van der Waals surface area contributed by atoms with Gasteiger partial charge in [-0.1, -0.05) is 6.07 Å². The van der Waals surface area contributed by atoms with Gasteiger partial charge in [0.25, 0.3) is 5.69 Å². The van der Waals surface area contributed by atoms with Gasteiger partial charge in [-0.2, -0.15) is 0 Å². The molecule has 0 spiro atoms. The first kappa shape index (κ1) is 9.21. The van der Waals surface area contributed by atoms with Crippen molar-refractivity contribution in [2.24, 2.45) is 4.40 Å². The Kier molecular flexibility index (Phi) is 2.25. The van der Waals surface area contributed by atoms with Gasteiger partial charge in [0, 0.05) is 17.7 Å². The molecule has 72 valence electrons. The third-order valence-corrected chi connectivity index (χ3v) is 2.61. The zero-order chi connectivity index (χ0) is 10.1. The van der Waals surface area contributed by atoms with Gasteiger partial charge < -0.3 is 0 Å². The van der Waals surface area contributed by atoms with Gasteiger partial charge in [-0.25, -0.2) is 4.40 Å². The average Bonchev–Trinajstić information content (AvgIpc) is 2.59.